The SMILES string of the molecule is NC(=NCc1ccccc1)N1CCC(OC(=O)C2c3ccccc3Oc3ccccc32)CC1. The van der Waals surface area contributed by atoms with Crippen molar-refractivity contribution in [2.24, 2.45) is 10.7 Å². The van der Waals surface area contributed by atoms with Gasteiger partial charge in [0.2, 0.25) is 0 Å². The molecule has 0 spiro atoms. The van der Waals surface area contributed by atoms with Crippen LogP contribution >= 0.6 is 0 Å². The number of carbonyl (C=O) groups excluding carboxylic acids is 1. The maximum atomic E-state index is 13.3. The number of ether oxygens (including phenoxy) is 2. The highest BCUT2D eigenvalue weighted by molar-refractivity contribution is 5.85. The van der Waals surface area contributed by atoms with Gasteiger partial charge in [0.05, 0.1) is 6.54 Å². The lowest BCUT2D eigenvalue weighted by Crippen LogP contribution is -2.45. The Hall–Kier alpha value is -3.80. The molecule has 0 aromatic heterocycles. The molecule has 0 bridgehead atoms. The molecule has 6 heteroatoms. The van der Waals surface area contributed by atoms with E-state index in [-0.39, 0.29) is 12.1 Å². The third-order valence-electron chi connectivity index (χ3n) is 6.23. The number of piperidine rings is 1. The Bertz CT molecular complexity index is 1110. The molecule has 0 unspecified atom stereocenters. The van der Waals surface area contributed by atoms with Gasteiger partial charge in [-0.05, 0) is 17.7 Å². The molecule has 0 saturated carbocycles. The summed E-state index contributed by atoms with van der Waals surface area (Å²) in [6.07, 6.45) is 1.30. The zero-order valence-corrected chi connectivity index (χ0v) is 18.4. The third kappa shape index (κ3) is 4.55. The van der Waals surface area contributed by atoms with Crippen LogP contribution < -0.4 is 10.5 Å². The second kappa shape index (κ2) is 9.36. The average molecular weight is 442 g/mol. The first-order valence-corrected chi connectivity index (χ1v) is 11.3. The number of hydrogen-bond donors (Lipinski definition) is 1. The molecule has 2 aliphatic rings. The molecular formula is C27H27N3O3. The number of hydrogen-bond acceptors (Lipinski definition) is 4. The smallest absolute Gasteiger partial charge is 0.318 e. The van der Waals surface area contributed by atoms with E-state index in [1.165, 1.54) is 0 Å². The Morgan fingerprint density at radius 1 is 0.909 bits per heavy atom. The monoisotopic (exact) mass is 441 g/mol. The van der Waals surface area contributed by atoms with Gasteiger partial charge in [-0.3, -0.25) is 4.79 Å². The van der Waals surface area contributed by atoms with Crippen molar-refractivity contribution in [1.29, 1.82) is 0 Å². The van der Waals surface area contributed by atoms with Gasteiger partial charge >= 0.3 is 5.97 Å². The second-order valence-corrected chi connectivity index (χ2v) is 8.39. The molecule has 0 atom stereocenters. The van der Waals surface area contributed by atoms with Crippen molar-refractivity contribution in [2.75, 3.05) is 13.1 Å². The first-order chi connectivity index (χ1) is 16.2. The average Bonchev–Trinajstić information content (AvgIpc) is 2.86. The van der Waals surface area contributed by atoms with Crippen LogP contribution in [0.3, 0.4) is 0 Å². The zero-order valence-electron chi connectivity index (χ0n) is 18.4. The molecular weight excluding hydrogens is 414 g/mol. The summed E-state index contributed by atoms with van der Waals surface area (Å²) < 4.78 is 12.0. The molecule has 1 fully saturated rings. The summed E-state index contributed by atoms with van der Waals surface area (Å²) in [5.74, 6) is 1.23. The Morgan fingerprint density at radius 2 is 1.48 bits per heavy atom. The van der Waals surface area contributed by atoms with Crippen molar-refractivity contribution < 1.29 is 14.3 Å². The molecule has 2 N–H and O–H groups in total. The van der Waals surface area contributed by atoms with E-state index in [4.69, 9.17) is 15.2 Å². The van der Waals surface area contributed by atoms with Gasteiger partial charge in [-0.1, -0.05) is 66.7 Å². The van der Waals surface area contributed by atoms with Gasteiger partial charge in [-0.25, -0.2) is 4.99 Å². The van der Waals surface area contributed by atoms with E-state index < -0.39 is 5.92 Å². The summed E-state index contributed by atoms with van der Waals surface area (Å²) >= 11 is 0. The van der Waals surface area contributed by atoms with Crippen LogP contribution in [0.15, 0.2) is 83.9 Å². The minimum Gasteiger partial charge on any atom is -0.462 e. The van der Waals surface area contributed by atoms with Gasteiger partial charge in [-0.2, -0.15) is 0 Å². The molecule has 33 heavy (non-hydrogen) atoms. The van der Waals surface area contributed by atoms with Crippen LogP contribution in [-0.2, 0) is 16.1 Å². The van der Waals surface area contributed by atoms with Crippen LogP contribution in [0.25, 0.3) is 0 Å². The lowest BCUT2D eigenvalue weighted by molar-refractivity contribution is -0.151. The predicted octanol–water partition coefficient (Wildman–Crippen LogP) is 4.45. The van der Waals surface area contributed by atoms with Crippen molar-refractivity contribution >= 4 is 11.9 Å². The Morgan fingerprint density at radius 3 is 2.12 bits per heavy atom. The normalized spacial score (nSPS) is 16.5. The molecule has 1 saturated heterocycles. The van der Waals surface area contributed by atoms with Gasteiger partial charge in [-0.15, -0.1) is 0 Å². The minimum absolute atomic E-state index is 0.141. The fourth-order valence-electron chi connectivity index (χ4n) is 4.45. The van der Waals surface area contributed by atoms with Crippen molar-refractivity contribution in [2.45, 2.75) is 31.4 Å². The van der Waals surface area contributed by atoms with Crippen LogP contribution in [0.4, 0.5) is 0 Å². The summed E-state index contributed by atoms with van der Waals surface area (Å²) in [6, 6.07) is 25.4. The van der Waals surface area contributed by atoms with E-state index in [9.17, 15) is 4.79 Å². The summed E-state index contributed by atoms with van der Waals surface area (Å²) in [6.45, 7) is 1.98. The van der Waals surface area contributed by atoms with Crippen LogP contribution in [0, 0.1) is 0 Å². The summed E-state index contributed by atoms with van der Waals surface area (Å²) in [5, 5.41) is 0. The van der Waals surface area contributed by atoms with Gasteiger partial charge in [0.1, 0.15) is 23.5 Å². The Labute approximate surface area is 193 Å². The number of likely N-dealkylation sites (tertiary alicyclic amines) is 1. The molecule has 3 aromatic carbocycles. The van der Waals surface area contributed by atoms with E-state index in [1.807, 2.05) is 78.9 Å². The van der Waals surface area contributed by atoms with E-state index in [1.54, 1.807) is 0 Å². The van der Waals surface area contributed by atoms with Crippen LogP contribution in [0.2, 0.25) is 0 Å². The van der Waals surface area contributed by atoms with E-state index in [0.717, 1.165) is 29.5 Å². The van der Waals surface area contributed by atoms with Gasteiger partial charge in [0, 0.05) is 37.1 Å². The summed E-state index contributed by atoms with van der Waals surface area (Å²) in [7, 11) is 0. The van der Waals surface area contributed by atoms with Crippen molar-refractivity contribution in [3.05, 3.63) is 95.6 Å². The van der Waals surface area contributed by atoms with E-state index in [2.05, 4.69) is 9.89 Å². The number of nitrogens with zero attached hydrogens (tertiary/aromatic N) is 2. The van der Waals surface area contributed by atoms with E-state index >= 15 is 0 Å². The highest BCUT2D eigenvalue weighted by Crippen LogP contribution is 2.44. The molecule has 6 nitrogen and oxygen atoms in total. The van der Waals surface area contributed by atoms with Crippen LogP contribution in [-0.4, -0.2) is 36.0 Å². The fourth-order valence-corrected chi connectivity index (χ4v) is 4.45. The first-order valence-electron chi connectivity index (χ1n) is 11.3. The number of carbonyl (C=O) groups is 1. The molecule has 2 heterocycles. The molecule has 0 amide bonds. The lowest BCUT2D eigenvalue weighted by Gasteiger charge is -2.34. The zero-order chi connectivity index (χ0) is 22.6. The largest absolute Gasteiger partial charge is 0.462 e. The molecule has 3 aromatic rings. The standard InChI is InChI=1S/C27H27N3O3/c28-27(29-18-19-8-2-1-3-9-19)30-16-14-20(15-17-30)32-26(31)25-21-10-4-6-12-23(21)33-24-13-7-5-11-22(24)25/h1-13,20,25H,14-18H2,(H2,28,29). The minimum atomic E-state index is -0.485. The first kappa shape index (κ1) is 21.1. The second-order valence-electron chi connectivity index (χ2n) is 8.39. The molecule has 0 radical (unpaired) electrons. The number of fused-ring (bicyclic) bond motifs is 2. The highest BCUT2D eigenvalue weighted by Gasteiger charge is 2.35. The van der Waals surface area contributed by atoms with Gasteiger partial charge in [0.25, 0.3) is 0 Å². The van der Waals surface area contributed by atoms with Crippen molar-refractivity contribution in [3.8, 4) is 11.5 Å². The Kier molecular flexibility index (Phi) is 5.98. The number of aliphatic imine (C=N–C) groups is 1. The van der Waals surface area contributed by atoms with Crippen LogP contribution in [0.5, 0.6) is 11.5 Å². The molecule has 2 aliphatic heterocycles. The lowest BCUT2D eigenvalue weighted by atomic mass is 9.88. The maximum Gasteiger partial charge on any atom is 0.318 e. The van der Waals surface area contributed by atoms with Gasteiger partial charge in [0.15, 0.2) is 5.96 Å². The Balaban J connectivity index is 1.23. The number of rotatable bonds is 4. The summed E-state index contributed by atoms with van der Waals surface area (Å²) in [5.41, 5.74) is 9.03. The molecule has 168 valence electrons. The van der Waals surface area contributed by atoms with Crippen molar-refractivity contribution in [3.63, 3.8) is 0 Å². The number of nitrogens with two attached hydrogens (primary N) is 1. The molecule has 5 rings (SSSR count). The topological polar surface area (TPSA) is 77.1 Å². The number of esters is 1. The quantitative estimate of drug-likeness (QED) is 0.368. The number of benzene rings is 3. The number of para-hydroxylation sites is 2. The van der Waals surface area contributed by atoms with Crippen LogP contribution in [0.1, 0.15) is 35.4 Å². The van der Waals surface area contributed by atoms with Gasteiger partial charge < -0.3 is 20.1 Å². The molecule has 0 aliphatic carbocycles. The maximum absolute atomic E-state index is 13.3. The highest BCUT2D eigenvalue weighted by atomic mass is 16.5. The van der Waals surface area contributed by atoms with Crippen molar-refractivity contribution in [1.82, 2.24) is 4.90 Å². The fraction of sp³-hybridized carbons (Fsp3) is 0.259. The number of guanidine groups is 1. The predicted molar refractivity (Wildman–Crippen MR) is 127 cm³/mol. The summed E-state index contributed by atoms with van der Waals surface area (Å²) in [4.78, 5) is 19.9. The third-order valence-corrected chi connectivity index (χ3v) is 6.23. The van der Waals surface area contributed by atoms with E-state index in [0.29, 0.717) is 37.1 Å².